The third-order valence-corrected chi connectivity index (χ3v) is 3.18. The number of esters is 1. The van der Waals surface area contributed by atoms with Crippen LogP contribution in [0.3, 0.4) is 0 Å². The average molecular weight is 406 g/mol. The van der Waals surface area contributed by atoms with Gasteiger partial charge in [-0.1, -0.05) is 0 Å². The Morgan fingerprint density at radius 1 is 1.04 bits per heavy atom. The highest BCUT2D eigenvalue weighted by molar-refractivity contribution is 5.95. The molecule has 2 aromatic carbocycles. The molecule has 0 aliphatic carbocycles. The van der Waals surface area contributed by atoms with Crippen LogP contribution in [0.1, 0.15) is 17.4 Å². The SMILES string of the molecule is CCOC(=O)c1cc2c(F)cc(F)cc2[nH]1.Cl.NNc1cc(F)cc(F)c1. The van der Waals surface area contributed by atoms with Crippen molar-refractivity contribution < 1.29 is 27.1 Å². The van der Waals surface area contributed by atoms with Gasteiger partial charge in [0.15, 0.2) is 0 Å². The van der Waals surface area contributed by atoms with E-state index >= 15 is 0 Å². The minimum atomic E-state index is -0.707. The van der Waals surface area contributed by atoms with Gasteiger partial charge in [0.05, 0.1) is 17.8 Å². The van der Waals surface area contributed by atoms with E-state index in [4.69, 9.17) is 10.6 Å². The van der Waals surface area contributed by atoms with E-state index in [1.165, 1.54) is 6.07 Å². The number of benzene rings is 2. The standard InChI is InChI=1S/C11H9F2NO2.C6H6F2N2.ClH/c1-2-16-11(15)10-5-7-8(13)3-6(12)4-9(7)14-10;7-4-1-5(8)3-6(2-4)10-9;/h3-5,14H,2H2,1H3;1-3,10H,9H2;1H. The predicted molar refractivity (Wildman–Crippen MR) is 95.6 cm³/mol. The van der Waals surface area contributed by atoms with Crippen molar-refractivity contribution in [1.29, 1.82) is 0 Å². The zero-order valence-corrected chi connectivity index (χ0v) is 14.8. The molecule has 0 atom stereocenters. The molecule has 0 radical (unpaired) electrons. The van der Waals surface area contributed by atoms with Gasteiger partial charge in [0.2, 0.25) is 0 Å². The van der Waals surface area contributed by atoms with Gasteiger partial charge >= 0.3 is 5.97 Å². The van der Waals surface area contributed by atoms with Crippen molar-refractivity contribution in [3.63, 3.8) is 0 Å². The van der Waals surface area contributed by atoms with Crippen LogP contribution in [0.4, 0.5) is 23.2 Å². The number of hydrazine groups is 1. The summed E-state index contributed by atoms with van der Waals surface area (Å²) in [4.78, 5) is 13.9. The van der Waals surface area contributed by atoms with Crippen LogP contribution in [0, 0.1) is 23.3 Å². The van der Waals surface area contributed by atoms with Crippen molar-refractivity contribution in [1.82, 2.24) is 4.98 Å². The number of carbonyl (C=O) groups is 1. The predicted octanol–water partition coefficient (Wildman–Crippen LogP) is 4.30. The fraction of sp³-hybridized carbons (Fsp3) is 0.118. The number of nitrogen functional groups attached to an aromatic ring is 1. The van der Waals surface area contributed by atoms with Gasteiger partial charge in [-0.2, -0.15) is 0 Å². The van der Waals surface area contributed by atoms with E-state index in [2.05, 4.69) is 10.4 Å². The van der Waals surface area contributed by atoms with Gasteiger partial charge in [-0.05, 0) is 31.2 Å². The van der Waals surface area contributed by atoms with Crippen molar-refractivity contribution in [3.05, 3.63) is 65.4 Å². The largest absolute Gasteiger partial charge is 0.461 e. The molecule has 0 saturated carbocycles. The number of H-pyrrole nitrogens is 1. The number of fused-ring (bicyclic) bond motifs is 1. The highest BCUT2D eigenvalue weighted by Crippen LogP contribution is 2.20. The lowest BCUT2D eigenvalue weighted by Gasteiger charge is -1.98. The van der Waals surface area contributed by atoms with Crippen molar-refractivity contribution >= 4 is 35.0 Å². The Morgan fingerprint density at radius 3 is 2.19 bits per heavy atom. The fourth-order valence-corrected chi connectivity index (χ4v) is 2.12. The number of aromatic nitrogens is 1. The fourth-order valence-electron chi connectivity index (χ4n) is 2.12. The first kappa shape index (κ1) is 22.3. The number of anilines is 1. The number of aromatic amines is 1. The lowest BCUT2D eigenvalue weighted by molar-refractivity contribution is 0.0520. The maximum Gasteiger partial charge on any atom is 0.354 e. The zero-order chi connectivity index (χ0) is 19.3. The van der Waals surface area contributed by atoms with E-state index in [0.29, 0.717) is 0 Å². The molecule has 146 valence electrons. The number of halogens is 5. The number of rotatable bonds is 3. The molecule has 27 heavy (non-hydrogen) atoms. The van der Waals surface area contributed by atoms with Crippen molar-refractivity contribution in [2.75, 3.05) is 12.0 Å². The van der Waals surface area contributed by atoms with E-state index in [1.54, 1.807) is 6.92 Å². The molecule has 0 unspecified atom stereocenters. The first-order valence-electron chi connectivity index (χ1n) is 7.41. The summed E-state index contributed by atoms with van der Waals surface area (Å²) >= 11 is 0. The van der Waals surface area contributed by atoms with Gasteiger partial charge in [-0.3, -0.25) is 5.84 Å². The van der Waals surface area contributed by atoms with E-state index in [1.807, 2.05) is 0 Å². The highest BCUT2D eigenvalue weighted by atomic mass is 35.5. The summed E-state index contributed by atoms with van der Waals surface area (Å²) < 4.78 is 55.5. The average Bonchev–Trinajstić information content (AvgIpc) is 2.99. The summed E-state index contributed by atoms with van der Waals surface area (Å²) in [6.07, 6.45) is 0. The lowest BCUT2D eigenvalue weighted by atomic mass is 10.2. The van der Waals surface area contributed by atoms with Crippen LogP contribution in [-0.4, -0.2) is 17.6 Å². The van der Waals surface area contributed by atoms with E-state index in [0.717, 1.165) is 30.3 Å². The molecule has 0 aliphatic rings. The summed E-state index contributed by atoms with van der Waals surface area (Å²) in [5, 5.41) is 0.171. The normalized spacial score (nSPS) is 9.85. The minimum absolute atomic E-state index is 0. The summed E-state index contributed by atoms with van der Waals surface area (Å²) in [6, 6.07) is 6.18. The number of hydrogen-bond donors (Lipinski definition) is 3. The minimum Gasteiger partial charge on any atom is -0.461 e. The maximum absolute atomic E-state index is 13.3. The Kier molecular flexibility index (Phi) is 8.07. The molecular weight excluding hydrogens is 390 g/mol. The summed E-state index contributed by atoms with van der Waals surface area (Å²) in [5.41, 5.74) is 2.70. The second-order valence-electron chi connectivity index (χ2n) is 5.05. The van der Waals surface area contributed by atoms with Crippen LogP contribution in [0.5, 0.6) is 0 Å². The molecule has 0 spiro atoms. The van der Waals surface area contributed by atoms with Crippen LogP contribution < -0.4 is 11.3 Å². The Balaban J connectivity index is 0.000000288. The molecule has 0 amide bonds. The monoisotopic (exact) mass is 405 g/mol. The summed E-state index contributed by atoms with van der Waals surface area (Å²) in [5.74, 6) is 1.63. The molecule has 0 bridgehead atoms. The zero-order valence-electron chi connectivity index (χ0n) is 14.0. The van der Waals surface area contributed by atoms with Gasteiger partial charge in [0.25, 0.3) is 0 Å². The molecule has 5 nitrogen and oxygen atoms in total. The molecule has 3 rings (SSSR count). The number of ether oxygens (including phenoxy) is 1. The number of carbonyl (C=O) groups excluding carboxylic acids is 1. The third-order valence-electron chi connectivity index (χ3n) is 3.18. The Hall–Kier alpha value is -2.78. The van der Waals surface area contributed by atoms with Crippen molar-refractivity contribution in [2.45, 2.75) is 6.92 Å². The second kappa shape index (κ2) is 9.79. The molecule has 1 heterocycles. The maximum atomic E-state index is 13.3. The number of nitrogens with one attached hydrogen (secondary N) is 2. The van der Waals surface area contributed by atoms with Gasteiger partial charge < -0.3 is 15.1 Å². The molecule has 0 fully saturated rings. The summed E-state index contributed by atoms with van der Waals surface area (Å²) in [6.45, 7) is 1.89. The van der Waals surface area contributed by atoms with Gasteiger partial charge in [-0.25, -0.2) is 22.4 Å². The third kappa shape index (κ3) is 5.87. The van der Waals surface area contributed by atoms with E-state index in [-0.39, 0.29) is 41.3 Å². The van der Waals surface area contributed by atoms with Gasteiger partial charge in [0.1, 0.15) is 29.0 Å². The first-order valence-corrected chi connectivity index (χ1v) is 7.41. The van der Waals surface area contributed by atoms with Crippen LogP contribution in [0.2, 0.25) is 0 Å². The van der Waals surface area contributed by atoms with Crippen LogP contribution in [0.15, 0.2) is 36.4 Å². The summed E-state index contributed by atoms with van der Waals surface area (Å²) in [7, 11) is 0. The Morgan fingerprint density at radius 2 is 1.63 bits per heavy atom. The Bertz CT molecular complexity index is 914. The molecule has 10 heteroatoms. The quantitative estimate of drug-likeness (QED) is 0.263. The molecule has 0 saturated heterocycles. The Labute approximate surface area is 157 Å². The molecule has 4 N–H and O–H groups in total. The molecule has 3 aromatic rings. The van der Waals surface area contributed by atoms with Crippen LogP contribution in [0.25, 0.3) is 10.9 Å². The van der Waals surface area contributed by atoms with Crippen LogP contribution in [-0.2, 0) is 4.74 Å². The van der Waals surface area contributed by atoms with Gasteiger partial charge in [-0.15, -0.1) is 12.4 Å². The van der Waals surface area contributed by atoms with Gasteiger partial charge in [0, 0.05) is 17.5 Å². The highest BCUT2D eigenvalue weighted by Gasteiger charge is 2.13. The second-order valence-corrected chi connectivity index (χ2v) is 5.05. The van der Waals surface area contributed by atoms with E-state index < -0.39 is 29.2 Å². The van der Waals surface area contributed by atoms with E-state index in [9.17, 15) is 22.4 Å². The smallest absolute Gasteiger partial charge is 0.354 e. The van der Waals surface area contributed by atoms with Crippen LogP contribution >= 0.6 is 12.4 Å². The topological polar surface area (TPSA) is 80.1 Å². The lowest BCUT2D eigenvalue weighted by Crippen LogP contribution is -2.06. The molecular formula is C17H16ClF4N3O2. The number of hydrogen-bond acceptors (Lipinski definition) is 4. The number of nitrogens with two attached hydrogens (primary N) is 1. The van der Waals surface area contributed by atoms with Crippen molar-refractivity contribution in [2.24, 2.45) is 5.84 Å². The first-order chi connectivity index (χ1) is 12.3. The van der Waals surface area contributed by atoms with Crippen molar-refractivity contribution in [3.8, 4) is 0 Å². The molecule has 0 aliphatic heterocycles. The molecule has 1 aromatic heterocycles.